The molecule has 7 rings (SSSR count). The fourth-order valence-electron chi connectivity index (χ4n) is 13.4. The lowest BCUT2D eigenvalue weighted by Gasteiger charge is -2.72. The van der Waals surface area contributed by atoms with Gasteiger partial charge in [0.2, 0.25) is 0 Å². The molecule has 0 radical (unpaired) electrons. The largest absolute Gasteiger partial charge is 0.310 e. The van der Waals surface area contributed by atoms with Gasteiger partial charge in [-0.1, -0.05) is 59.3 Å². The van der Waals surface area contributed by atoms with E-state index in [4.69, 9.17) is 0 Å². The first-order valence-corrected chi connectivity index (χ1v) is 20.3. The highest BCUT2D eigenvalue weighted by atomic mass is 32.2. The van der Waals surface area contributed by atoms with Crippen LogP contribution in [0.15, 0.2) is 34.9 Å². The van der Waals surface area contributed by atoms with E-state index < -0.39 is 9.84 Å². The summed E-state index contributed by atoms with van der Waals surface area (Å²) in [5.74, 6) is 3.69. The summed E-state index contributed by atoms with van der Waals surface area (Å²) in [6.45, 7) is 16.6. The van der Waals surface area contributed by atoms with Crippen molar-refractivity contribution >= 4 is 16.1 Å². The highest BCUT2D eigenvalue weighted by Crippen LogP contribution is 2.76. The Labute approximate surface area is 274 Å². The Kier molecular flexibility index (Phi) is 8.01. The number of fused-ring (bicyclic) bond motifs is 7. The van der Waals surface area contributed by atoms with Crippen LogP contribution >= 0.6 is 0 Å². The third-order valence-electron chi connectivity index (χ3n) is 16.0. The molecule has 5 fully saturated rings. The molecule has 1 saturated heterocycles. The van der Waals surface area contributed by atoms with Gasteiger partial charge in [0.15, 0.2) is 9.84 Å². The Bertz CT molecular complexity index is 1400. The molecular weight excluding hydrogens is 577 g/mol. The van der Waals surface area contributed by atoms with Gasteiger partial charge in [0.25, 0.3) is 0 Å². The number of aldehydes is 1. The maximum Gasteiger partial charge on any atom is 0.152 e. The van der Waals surface area contributed by atoms with E-state index in [0.717, 1.165) is 55.5 Å². The molecule has 1 heterocycles. The van der Waals surface area contributed by atoms with Crippen LogP contribution < -0.4 is 5.32 Å². The van der Waals surface area contributed by atoms with Crippen LogP contribution in [0.2, 0.25) is 0 Å². The first kappa shape index (κ1) is 32.3. The molecule has 5 unspecified atom stereocenters. The van der Waals surface area contributed by atoms with Crippen molar-refractivity contribution in [2.75, 3.05) is 37.7 Å². The Morgan fingerprint density at radius 1 is 0.867 bits per heavy atom. The van der Waals surface area contributed by atoms with E-state index >= 15 is 0 Å². The number of sulfone groups is 1. The van der Waals surface area contributed by atoms with Crippen LogP contribution in [0, 0.1) is 45.3 Å². The Morgan fingerprint density at radius 2 is 1.64 bits per heavy atom. The van der Waals surface area contributed by atoms with Gasteiger partial charge in [-0.25, -0.2) is 8.42 Å². The molecule has 4 saturated carbocycles. The summed E-state index contributed by atoms with van der Waals surface area (Å²) in [5, 5.41) is 4.18. The summed E-state index contributed by atoms with van der Waals surface area (Å²) in [5.41, 5.74) is 5.51. The topological polar surface area (TPSA) is 66.5 Å². The van der Waals surface area contributed by atoms with Crippen molar-refractivity contribution in [1.82, 2.24) is 10.2 Å². The second-order valence-corrected chi connectivity index (χ2v) is 20.1. The molecule has 0 aromatic rings. The van der Waals surface area contributed by atoms with Gasteiger partial charge in [0, 0.05) is 31.7 Å². The second kappa shape index (κ2) is 11.2. The van der Waals surface area contributed by atoms with E-state index in [1.165, 1.54) is 69.8 Å². The number of rotatable bonds is 6. The van der Waals surface area contributed by atoms with Crippen molar-refractivity contribution in [3.63, 3.8) is 0 Å². The van der Waals surface area contributed by atoms with Gasteiger partial charge in [-0.05, 0) is 133 Å². The highest BCUT2D eigenvalue weighted by molar-refractivity contribution is 7.91. The molecule has 1 aliphatic heterocycles. The summed E-state index contributed by atoms with van der Waals surface area (Å²) in [7, 11) is -2.82. The number of allylic oxidation sites excluding steroid dienone is 6. The predicted octanol–water partition coefficient (Wildman–Crippen LogP) is 7.30. The van der Waals surface area contributed by atoms with Crippen LogP contribution in [0.3, 0.4) is 0 Å². The minimum absolute atomic E-state index is 0.153. The van der Waals surface area contributed by atoms with Gasteiger partial charge < -0.3 is 10.2 Å². The van der Waals surface area contributed by atoms with Gasteiger partial charge in [0.05, 0.1) is 11.5 Å². The molecule has 5 nitrogen and oxygen atoms in total. The normalized spacial score (nSPS) is 45.6. The summed E-state index contributed by atoms with van der Waals surface area (Å²) < 4.78 is 23.9. The zero-order chi connectivity index (χ0) is 31.9. The lowest BCUT2D eigenvalue weighted by Crippen LogP contribution is -2.67. The molecule has 250 valence electrons. The van der Waals surface area contributed by atoms with Crippen LogP contribution in [-0.2, 0) is 14.6 Å². The number of hydrogen-bond donors (Lipinski definition) is 1. The maximum atomic E-state index is 11.9. The highest BCUT2D eigenvalue weighted by Gasteiger charge is 2.69. The van der Waals surface area contributed by atoms with Crippen molar-refractivity contribution in [2.24, 2.45) is 45.3 Å². The Balaban J connectivity index is 1.10. The lowest BCUT2D eigenvalue weighted by molar-refractivity contribution is -0.218. The maximum absolute atomic E-state index is 11.9. The zero-order valence-corrected chi connectivity index (χ0v) is 29.7. The van der Waals surface area contributed by atoms with E-state index in [-0.39, 0.29) is 11.0 Å². The molecule has 8 atom stereocenters. The molecule has 6 aliphatic carbocycles. The average molecular weight is 637 g/mol. The van der Waals surface area contributed by atoms with E-state index in [9.17, 15) is 13.2 Å². The minimum Gasteiger partial charge on any atom is -0.310 e. The van der Waals surface area contributed by atoms with Crippen LogP contribution in [0.25, 0.3) is 0 Å². The predicted molar refractivity (Wildman–Crippen MR) is 184 cm³/mol. The van der Waals surface area contributed by atoms with Gasteiger partial charge in [-0.15, -0.1) is 0 Å². The van der Waals surface area contributed by atoms with Gasteiger partial charge in [-0.2, -0.15) is 0 Å². The van der Waals surface area contributed by atoms with Crippen LogP contribution in [-0.4, -0.2) is 62.8 Å². The zero-order valence-electron chi connectivity index (χ0n) is 28.9. The lowest BCUT2D eigenvalue weighted by atomic mass is 9.33. The van der Waals surface area contributed by atoms with E-state index in [0.29, 0.717) is 46.8 Å². The van der Waals surface area contributed by atoms with E-state index in [1.54, 1.807) is 5.57 Å². The van der Waals surface area contributed by atoms with Crippen LogP contribution in [0.1, 0.15) is 112 Å². The number of nitrogens with one attached hydrogen (secondary N) is 1. The third kappa shape index (κ3) is 4.95. The average Bonchev–Trinajstić information content (AvgIpc) is 3.42. The Hall–Kier alpha value is -1.24. The fraction of sp³-hybridized carbons (Fsp3) is 0.821. The first-order chi connectivity index (χ1) is 21.3. The minimum atomic E-state index is -2.82. The summed E-state index contributed by atoms with van der Waals surface area (Å²) in [4.78, 5) is 13.7. The quantitative estimate of drug-likeness (QED) is 0.310. The van der Waals surface area contributed by atoms with E-state index in [1.807, 2.05) is 0 Å². The van der Waals surface area contributed by atoms with Crippen molar-refractivity contribution in [1.29, 1.82) is 0 Å². The standard InChI is InChI=1S/C39H60N2O3S/c1-35(2)30(29-10-8-28(27-42)9-11-29)14-17-36(3)33(35)15-18-38(5)34(36)13-12-31-32-7-6-16-39(32,20-19-37(31,38)4)40-21-22-41-23-25-45(43,44)26-24-41/h8,10,14,27,31-34,40H,6-7,9,11-13,15-26H2,1-5H3/t31?,32-,33?,34?,36?,37-,38?,39+/m1/s1. The van der Waals surface area contributed by atoms with Crippen molar-refractivity contribution in [3.05, 3.63) is 34.9 Å². The molecule has 0 aromatic heterocycles. The van der Waals surface area contributed by atoms with Gasteiger partial charge in [0.1, 0.15) is 6.29 Å². The second-order valence-electron chi connectivity index (χ2n) is 17.8. The van der Waals surface area contributed by atoms with Crippen molar-refractivity contribution < 1.29 is 13.2 Å². The molecule has 1 N–H and O–H groups in total. The molecule has 0 bridgehead atoms. The summed E-state index contributed by atoms with van der Waals surface area (Å²) >= 11 is 0. The van der Waals surface area contributed by atoms with Crippen molar-refractivity contribution in [3.8, 4) is 0 Å². The number of hydrogen-bond acceptors (Lipinski definition) is 5. The molecule has 0 aromatic carbocycles. The molecular formula is C39H60N2O3S. The van der Waals surface area contributed by atoms with E-state index in [2.05, 4.69) is 63.1 Å². The van der Waals surface area contributed by atoms with Crippen LogP contribution in [0.5, 0.6) is 0 Å². The monoisotopic (exact) mass is 636 g/mol. The molecule has 45 heavy (non-hydrogen) atoms. The first-order valence-electron chi connectivity index (χ1n) is 18.5. The number of carbonyl (C=O) groups is 1. The SMILES string of the molecule is CC1(C)C(C2=CC=C(C=O)CC2)=CCC2(C)C1CCC1(C)C2CCC2[C@H]3CCC[C@]3(NCCN3CCS(=O)(=O)CC3)CC[C@]21C. The third-order valence-corrected chi connectivity index (χ3v) is 17.6. The number of carbonyl (C=O) groups excluding carboxylic acids is 1. The van der Waals surface area contributed by atoms with Crippen LogP contribution in [0.4, 0.5) is 0 Å². The molecule has 6 heteroatoms. The smallest absolute Gasteiger partial charge is 0.152 e. The van der Waals surface area contributed by atoms with Gasteiger partial charge >= 0.3 is 0 Å². The molecule has 0 amide bonds. The fourth-order valence-corrected chi connectivity index (χ4v) is 14.7. The van der Waals surface area contributed by atoms with Crippen molar-refractivity contribution in [2.45, 2.75) is 117 Å². The molecule has 7 aliphatic rings. The summed E-state index contributed by atoms with van der Waals surface area (Å²) in [6, 6.07) is 0. The number of nitrogens with zero attached hydrogens (tertiary/aromatic N) is 1. The molecule has 0 spiro atoms. The van der Waals surface area contributed by atoms with Gasteiger partial charge in [-0.3, -0.25) is 4.79 Å². The summed E-state index contributed by atoms with van der Waals surface area (Å²) in [6.07, 6.45) is 23.3. The Morgan fingerprint density at radius 3 is 2.36 bits per heavy atom.